The summed E-state index contributed by atoms with van der Waals surface area (Å²) in [5.41, 5.74) is 3.88. The van der Waals surface area contributed by atoms with E-state index in [2.05, 4.69) is 33.3 Å². The summed E-state index contributed by atoms with van der Waals surface area (Å²) in [4.78, 5) is 37.6. The first-order valence-corrected chi connectivity index (χ1v) is 14.1. The molecule has 0 saturated carbocycles. The van der Waals surface area contributed by atoms with Gasteiger partial charge in [0.1, 0.15) is 24.6 Å². The van der Waals surface area contributed by atoms with Gasteiger partial charge in [-0.1, -0.05) is 10.3 Å². The Hall–Kier alpha value is -2.16. The van der Waals surface area contributed by atoms with E-state index in [0.717, 1.165) is 0 Å². The molecule has 0 bridgehead atoms. The Morgan fingerprint density at radius 2 is 1.26 bits per heavy atom. The number of aromatic nitrogens is 4. The summed E-state index contributed by atoms with van der Waals surface area (Å²) in [5.74, 6) is -0.0813. The van der Waals surface area contributed by atoms with Crippen molar-refractivity contribution in [2.45, 2.75) is 13.8 Å². The van der Waals surface area contributed by atoms with Crippen molar-refractivity contribution in [3.05, 3.63) is 11.6 Å². The van der Waals surface area contributed by atoms with Crippen LogP contribution in [0.25, 0.3) is 0 Å². The van der Waals surface area contributed by atoms with Crippen molar-refractivity contribution in [2.75, 3.05) is 36.5 Å². The molecule has 0 spiro atoms. The molecule has 0 saturated heterocycles. The van der Waals surface area contributed by atoms with E-state index in [0.29, 0.717) is 23.1 Å². The summed E-state index contributed by atoms with van der Waals surface area (Å²) in [6.45, 7) is 3.45. The van der Waals surface area contributed by atoms with Gasteiger partial charge in [0.15, 0.2) is 11.6 Å². The number of nitrogens with one attached hydrogen (secondary N) is 4. The molecule has 23 heteroatoms. The van der Waals surface area contributed by atoms with Gasteiger partial charge in [0.2, 0.25) is 10.3 Å². The molecule has 8 N–H and O–H groups in total. The molecule has 19 nitrogen and oxygen atoms in total. The third kappa shape index (κ3) is 9.78. The van der Waals surface area contributed by atoms with Gasteiger partial charge in [-0.15, -0.1) is 0 Å². The summed E-state index contributed by atoms with van der Waals surface area (Å²) in [6, 6.07) is 0. The molecular weight excluding hydrogens is 554 g/mol. The second kappa shape index (κ2) is 13.8. The van der Waals surface area contributed by atoms with Crippen LogP contribution in [0.3, 0.4) is 0 Å². The lowest BCUT2D eigenvalue weighted by Crippen LogP contribution is -2.21. The largest absolute Gasteiger partial charge is 0.440 e. The van der Waals surface area contributed by atoms with E-state index in [-0.39, 0.29) is 59.6 Å². The van der Waals surface area contributed by atoms with Crippen LogP contribution < -0.4 is 21.1 Å². The predicted molar refractivity (Wildman–Crippen MR) is 124 cm³/mol. The quantitative estimate of drug-likeness (QED) is 0.0770. The summed E-state index contributed by atoms with van der Waals surface area (Å²) in [7, 11) is -9.90. The van der Waals surface area contributed by atoms with E-state index >= 15 is 0 Å². The first kappa shape index (κ1) is 29.1. The Morgan fingerprint density at radius 1 is 0.857 bits per heavy atom. The molecule has 2 atom stereocenters. The van der Waals surface area contributed by atoms with Gasteiger partial charge in [-0.2, -0.15) is 34.0 Å². The molecule has 0 aliphatic heterocycles. The summed E-state index contributed by atoms with van der Waals surface area (Å²) in [5, 5.41) is 28.6. The Kier molecular flexibility index (Phi) is 11.5. The van der Waals surface area contributed by atoms with Crippen LogP contribution in [0.15, 0.2) is 10.3 Å². The summed E-state index contributed by atoms with van der Waals surface area (Å²) >= 11 is 1.24. The predicted octanol–water partition coefficient (Wildman–Crippen LogP) is 0.570. The fourth-order valence-corrected chi connectivity index (χ4v) is 5.97. The SMILES string of the molecule is CCO/N=C(\CNO)c1nsc(NP(=O)(O)OP(=O)(O)Nc2nc(/C(CNO)=N/OCC)ns2)n1. The molecule has 2 unspecified atom stereocenters. The number of oxime groups is 2. The Bertz CT molecular complexity index is 1030. The van der Waals surface area contributed by atoms with E-state index in [1.165, 1.54) is 0 Å². The van der Waals surface area contributed by atoms with E-state index in [1.54, 1.807) is 13.8 Å². The number of rotatable bonds is 16. The van der Waals surface area contributed by atoms with Gasteiger partial charge in [0.25, 0.3) is 0 Å². The molecule has 196 valence electrons. The minimum absolute atomic E-state index is 0.0407. The monoisotopic (exact) mass is 576 g/mol. The lowest BCUT2D eigenvalue weighted by atomic mass is 10.4. The zero-order valence-electron chi connectivity index (χ0n) is 18.1. The Labute approximate surface area is 205 Å². The van der Waals surface area contributed by atoms with Crippen LogP contribution in [0, 0.1) is 0 Å². The fraction of sp³-hybridized carbons (Fsp3) is 0.500. The Morgan fingerprint density at radius 3 is 1.60 bits per heavy atom. The smallest absolute Gasteiger partial charge is 0.396 e. The molecule has 35 heavy (non-hydrogen) atoms. The highest BCUT2D eigenvalue weighted by atomic mass is 32.1. The molecule has 0 aliphatic carbocycles. The fourth-order valence-electron chi connectivity index (χ4n) is 1.94. The third-order valence-corrected chi connectivity index (χ3v) is 7.49. The van der Waals surface area contributed by atoms with E-state index < -0.39 is 15.5 Å². The summed E-state index contributed by atoms with van der Waals surface area (Å²) < 4.78 is 37.0. The molecule has 2 heterocycles. The maximum atomic E-state index is 12.4. The van der Waals surface area contributed by atoms with Crippen molar-refractivity contribution in [1.82, 2.24) is 29.7 Å². The van der Waals surface area contributed by atoms with Gasteiger partial charge in [-0.3, -0.25) is 10.2 Å². The van der Waals surface area contributed by atoms with Gasteiger partial charge < -0.3 is 29.9 Å². The van der Waals surface area contributed by atoms with Crippen LogP contribution in [0.2, 0.25) is 0 Å². The van der Waals surface area contributed by atoms with Gasteiger partial charge in [0.05, 0.1) is 13.1 Å². The second-order valence-electron chi connectivity index (χ2n) is 5.77. The summed E-state index contributed by atoms with van der Waals surface area (Å²) in [6.07, 6.45) is 0. The molecule has 0 amide bonds. The first-order valence-electron chi connectivity index (χ1n) is 9.36. The van der Waals surface area contributed by atoms with Crippen molar-refractivity contribution >= 4 is 60.2 Å². The van der Waals surface area contributed by atoms with Crippen LogP contribution >= 0.6 is 38.6 Å². The molecule has 2 rings (SSSR count). The van der Waals surface area contributed by atoms with Crippen LogP contribution in [0.1, 0.15) is 25.5 Å². The second-order valence-corrected chi connectivity index (χ2v) is 10.5. The van der Waals surface area contributed by atoms with E-state index in [4.69, 9.17) is 20.1 Å². The van der Waals surface area contributed by atoms with Crippen molar-refractivity contribution in [1.29, 1.82) is 0 Å². The van der Waals surface area contributed by atoms with Crippen LogP contribution in [0.5, 0.6) is 0 Å². The zero-order valence-corrected chi connectivity index (χ0v) is 21.5. The normalized spacial score (nSPS) is 15.8. The highest BCUT2D eigenvalue weighted by Crippen LogP contribution is 2.58. The molecular formula is C12H22N10O9P2S2. The topological polar surface area (TPSA) is 267 Å². The van der Waals surface area contributed by atoms with E-state index in [9.17, 15) is 18.9 Å². The first-order chi connectivity index (χ1) is 16.6. The third-order valence-electron chi connectivity index (χ3n) is 3.16. The Balaban J connectivity index is 2.07. The molecule has 0 aromatic carbocycles. The average molecular weight is 576 g/mol. The van der Waals surface area contributed by atoms with Crippen molar-refractivity contribution in [2.24, 2.45) is 10.3 Å². The van der Waals surface area contributed by atoms with Crippen molar-refractivity contribution in [3.63, 3.8) is 0 Å². The minimum atomic E-state index is -4.95. The highest BCUT2D eigenvalue weighted by molar-refractivity contribution is 7.68. The molecule has 0 radical (unpaired) electrons. The number of hydrogen-bond acceptors (Lipinski definition) is 17. The number of anilines is 2. The van der Waals surface area contributed by atoms with Crippen molar-refractivity contribution in [3.8, 4) is 0 Å². The van der Waals surface area contributed by atoms with Crippen LogP contribution in [0.4, 0.5) is 10.3 Å². The number of hydrogen-bond donors (Lipinski definition) is 8. The van der Waals surface area contributed by atoms with Crippen molar-refractivity contribution < 1.29 is 43.3 Å². The highest BCUT2D eigenvalue weighted by Gasteiger charge is 2.35. The molecule has 2 aromatic heterocycles. The van der Waals surface area contributed by atoms with Gasteiger partial charge in [0, 0.05) is 23.1 Å². The van der Waals surface area contributed by atoms with Crippen LogP contribution in [-0.4, -0.2) is 76.6 Å². The van der Waals surface area contributed by atoms with Gasteiger partial charge >= 0.3 is 15.5 Å². The molecule has 0 aliphatic rings. The van der Waals surface area contributed by atoms with Crippen LogP contribution in [-0.2, 0) is 23.1 Å². The molecule has 0 fully saturated rings. The van der Waals surface area contributed by atoms with Gasteiger partial charge in [-0.05, 0) is 13.8 Å². The average Bonchev–Trinajstić information content (AvgIpc) is 3.42. The number of hydroxylamine groups is 2. The standard InChI is InChI=1S/C12H22N10O9P2S2/c1-3-29-17-7(5-13-23)9-15-11(34-21-9)19-32(25,26)31-33(27,28)20-12-16-10(22-35-12)8(6-14-24)18-30-4-2/h13-14,23-24H,3-6H2,1-2H3,(H2,15,19,21,25,26)(H2,16,20,22,27,28)/b17-7+,18-8+. The van der Waals surface area contributed by atoms with Gasteiger partial charge in [-0.25, -0.2) is 9.13 Å². The maximum absolute atomic E-state index is 12.4. The number of nitrogens with zero attached hydrogens (tertiary/aromatic N) is 6. The lowest BCUT2D eigenvalue weighted by Gasteiger charge is -2.16. The zero-order chi connectivity index (χ0) is 25.9. The maximum Gasteiger partial charge on any atom is 0.440 e. The van der Waals surface area contributed by atoms with E-state index in [1.807, 2.05) is 21.1 Å². The molecule has 2 aromatic rings. The lowest BCUT2D eigenvalue weighted by molar-refractivity contribution is 0.153. The minimum Gasteiger partial charge on any atom is -0.396 e.